The van der Waals surface area contributed by atoms with Crippen molar-refractivity contribution in [3.8, 4) is 5.75 Å². The van der Waals surface area contributed by atoms with E-state index in [1.54, 1.807) is 50.3 Å². The molecule has 1 unspecified atom stereocenters. The molecular formula is C20H29N3O5. The molecule has 4 amide bonds. The lowest BCUT2D eigenvalue weighted by atomic mass is 9.92. The van der Waals surface area contributed by atoms with E-state index >= 15 is 0 Å². The van der Waals surface area contributed by atoms with Crippen LogP contribution in [0.1, 0.15) is 26.3 Å². The molecule has 8 heteroatoms. The monoisotopic (exact) mass is 391 g/mol. The van der Waals surface area contributed by atoms with E-state index in [4.69, 9.17) is 9.47 Å². The SMILES string of the molecule is COCCN(CC(C)C)C(=O)CN1C(=O)NC(C)(c2ccc(OC)cc2)C1=O. The van der Waals surface area contributed by atoms with Crippen molar-refractivity contribution in [2.45, 2.75) is 26.3 Å². The van der Waals surface area contributed by atoms with Gasteiger partial charge in [0.15, 0.2) is 0 Å². The zero-order valence-electron chi connectivity index (χ0n) is 17.2. The summed E-state index contributed by atoms with van der Waals surface area (Å²) in [5, 5.41) is 2.71. The van der Waals surface area contributed by atoms with E-state index in [1.807, 2.05) is 13.8 Å². The van der Waals surface area contributed by atoms with Crippen LogP contribution in [-0.4, -0.2) is 68.1 Å². The van der Waals surface area contributed by atoms with Crippen molar-refractivity contribution in [2.24, 2.45) is 5.92 Å². The zero-order chi connectivity index (χ0) is 20.9. The Kier molecular flexibility index (Phi) is 7.01. The van der Waals surface area contributed by atoms with Gasteiger partial charge in [-0.3, -0.25) is 14.5 Å². The molecular weight excluding hydrogens is 362 g/mol. The minimum Gasteiger partial charge on any atom is -0.497 e. The number of carbonyl (C=O) groups is 3. The van der Waals surface area contributed by atoms with Gasteiger partial charge in [-0.05, 0) is 30.5 Å². The maximum absolute atomic E-state index is 13.0. The van der Waals surface area contributed by atoms with Crippen LogP contribution in [0.25, 0.3) is 0 Å². The number of nitrogens with one attached hydrogen (secondary N) is 1. The molecule has 1 N–H and O–H groups in total. The molecule has 28 heavy (non-hydrogen) atoms. The van der Waals surface area contributed by atoms with E-state index in [9.17, 15) is 14.4 Å². The molecule has 1 aliphatic heterocycles. The average molecular weight is 391 g/mol. The van der Waals surface area contributed by atoms with Crippen molar-refractivity contribution in [3.05, 3.63) is 29.8 Å². The van der Waals surface area contributed by atoms with Crippen LogP contribution in [0.3, 0.4) is 0 Å². The fourth-order valence-electron chi connectivity index (χ4n) is 3.16. The predicted molar refractivity (Wildman–Crippen MR) is 104 cm³/mol. The lowest BCUT2D eigenvalue weighted by Crippen LogP contribution is -2.46. The van der Waals surface area contributed by atoms with Gasteiger partial charge >= 0.3 is 6.03 Å². The third kappa shape index (κ3) is 4.62. The third-order valence-corrected chi connectivity index (χ3v) is 4.74. The highest BCUT2D eigenvalue weighted by atomic mass is 16.5. The molecule has 0 aromatic heterocycles. The molecule has 0 bridgehead atoms. The lowest BCUT2D eigenvalue weighted by Gasteiger charge is -2.26. The fraction of sp³-hybridized carbons (Fsp3) is 0.550. The Bertz CT molecular complexity index is 719. The van der Waals surface area contributed by atoms with E-state index in [1.165, 1.54) is 0 Å². The molecule has 1 atom stereocenters. The molecule has 1 heterocycles. The van der Waals surface area contributed by atoms with Crippen LogP contribution in [0.2, 0.25) is 0 Å². The third-order valence-electron chi connectivity index (χ3n) is 4.74. The highest BCUT2D eigenvalue weighted by Crippen LogP contribution is 2.30. The first kappa shape index (κ1) is 21.7. The molecule has 8 nitrogen and oxygen atoms in total. The molecule has 0 spiro atoms. The number of benzene rings is 1. The quantitative estimate of drug-likeness (QED) is 0.646. The number of ether oxygens (including phenoxy) is 2. The molecule has 0 aliphatic carbocycles. The molecule has 1 aromatic carbocycles. The first-order chi connectivity index (χ1) is 13.2. The van der Waals surface area contributed by atoms with Crippen LogP contribution in [0.5, 0.6) is 5.75 Å². The number of imide groups is 1. The summed E-state index contributed by atoms with van der Waals surface area (Å²) >= 11 is 0. The summed E-state index contributed by atoms with van der Waals surface area (Å²) < 4.78 is 10.2. The summed E-state index contributed by atoms with van der Waals surface area (Å²) in [7, 11) is 3.12. The van der Waals surface area contributed by atoms with Crippen LogP contribution in [0, 0.1) is 5.92 Å². The van der Waals surface area contributed by atoms with Gasteiger partial charge in [0.2, 0.25) is 5.91 Å². The maximum atomic E-state index is 13.0. The predicted octanol–water partition coefficient (Wildman–Crippen LogP) is 1.59. The van der Waals surface area contributed by atoms with Crippen molar-refractivity contribution in [3.63, 3.8) is 0 Å². The summed E-state index contributed by atoms with van der Waals surface area (Å²) in [4.78, 5) is 40.8. The highest BCUT2D eigenvalue weighted by Gasteiger charge is 2.49. The second-order valence-corrected chi connectivity index (χ2v) is 7.40. The van der Waals surface area contributed by atoms with Gasteiger partial charge in [-0.15, -0.1) is 0 Å². The first-order valence-corrected chi connectivity index (χ1v) is 9.28. The molecule has 0 radical (unpaired) electrons. The van der Waals surface area contributed by atoms with Crippen LogP contribution < -0.4 is 10.1 Å². The number of methoxy groups -OCH3 is 2. The van der Waals surface area contributed by atoms with Gasteiger partial charge in [0.25, 0.3) is 5.91 Å². The highest BCUT2D eigenvalue weighted by molar-refractivity contribution is 6.09. The van der Waals surface area contributed by atoms with E-state index in [0.717, 1.165) is 4.90 Å². The minimum atomic E-state index is -1.22. The largest absolute Gasteiger partial charge is 0.497 e. The molecule has 1 fully saturated rings. The van der Waals surface area contributed by atoms with Crippen molar-refractivity contribution in [1.82, 2.24) is 15.1 Å². The van der Waals surface area contributed by atoms with Crippen LogP contribution in [0.4, 0.5) is 4.79 Å². The number of urea groups is 1. The summed E-state index contributed by atoms with van der Waals surface area (Å²) in [5.41, 5.74) is -0.598. The number of hydrogen-bond acceptors (Lipinski definition) is 5. The number of nitrogens with zero attached hydrogens (tertiary/aromatic N) is 2. The van der Waals surface area contributed by atoms with E-state index in [-0.39, 0.29) is 18.4 Å². The molecule has 1 aliphatic rings. The summed E-state index contributed by atoms with van der Waals surface area (Å²) in [6.07, 6.45) is 0. The topological polar surface area (TPSA) is 88.2 Å². The Morgan fingerprint density at radius 2 is 1.86 bits per heavy atom. The lowest BCUT2D eigenvalue weighted by molar-refractivity contribution is -0.139. The summed E-state index contributed by atoms with van der Waals surface area (Å²) in [6.45, 7) is 6.67. The van der Waals surface area contributed by atoms with Gasteiger partial charge in [0.05, 0.1) is 13.7 Å². The average Bonchev–Trinajstić information content (AvgIpc) is 2.88. The van der Waals surface area contributed by atoms with Gasteiger partial charge in [-0.2, -0.15) is 0 Å². The standard InChI is InChI=1S/C20H29N3O5/c1-14(2)12-22(10-11-27-4)17(24)13-23-18(25)20(3,21-19(23)26)15-6-8-16(28-5)9-7-15/h6-9,14H,10-13H2,1-5H3,(H,21,26). The Balaban J connectivity index is 2.16. The van der Waals surface area contributed by atoms with Crippen molar-refractivity contribution < 1.29 is 23.9 Å². The van der Waals surface area contributed by atoms with Crippen molar-refractivity contribution in [2.75, 3.05) is 40.5 Å². The molecule has 1 saturated heterocycles. The van der Waals surface area contributed by atoms with Crippen LogP contribution >= 0.6 is 0 Å². The van der Waals surface area contributed by atoms with E-state index in [0.29, 0.717) is 31.0 Å². The second kappa shape index (κ2) is 9.05. The Morgan fingerprint density at radius 3 is 2.39 bits per heavy atom. The summed E-state index contributed by atoms with van der Waals surface area (Å²) in [5.74, 6) is 0.174. The first-order valence-electron chi connectivity index (χ1n) is 9.28. The fourth-order valence-corrected chi connectivity index (χ4v) is 3.16. The zero-order valence-corrected chi connectivity index (χ0v) is 17.2. The van der Waals surface area contributed by atoms with E-state index in [2.05, 4.69) is 5.32 Å². The second-order valence-electron chi connectivity index (χ2n) is 7.40. The minimum absolute atomic E-state index is 0.258. The molecule has 0 saturated carbocycles. The van der Waals surface area contributed by atoms with Crippen LogP contribution in [0.15, 0.2) is 24.3 Å². The van der Waals surface area contributed by atoms with Gasteiger partial charge < -0.3 is 19.7 Å². The molecule has 2 rings (SSSR count). The van der Waals surface area contributed by atoms with Gasteiger partial charge in [0, 0.05) is 20.2 Å². The number of carbonyl (C=O) groups excluding carboxylic acids is 3. The Hall–Kier alpha value is -2.61. The smallest absolute Gasteiger partial charge is 0.325 e. The van der Waals surface area contributed by atoms with Crippen molar-refractivity contribution >= 4 is 17.8 Å². The summed E-state index contributed by atoms with van der Waals surface area (Å²) in [6, 6.07) is 6.33. The van der Waals surface area contributed by atoms with Crippen LogP contribution in [-0.2, 0) is 19.9 Å². The Labute approximate surface area is 165 Å². The molecule has 154 valence electrons. The van der Waals surface area contributed by atoms with E-state index < -0.39 is 17.5 Å². The van der Waals surface area contributed by atoms with Crippen molar-refractivity contribution in [1.29, 1.82) is 0 Å². The number of rotatable bonds is 9. The van der Waals surface area contributed by atoms with Gasteiger partial charge in [-0.25, -0.2) is 4.79 Å². The molecule has 1 aromatic rings. The maximum Gasteiger partial charge on any atom is 0.325 e. The van der Waals surface area contributed by atoms with Gasteiger partial charge in [0.1, 0.15) is 17.8 Å². The number of hydrogen-bond donors (Lipinski definition) is 1. The Morgan fingerprint density at radius 1 is 1.21 bits per heavy atom. The van der Waals surface area contributed by atoms with Gasteiger partial charge in [-0.1, -0.05) is 26.0 Å². The number of amides is 4. The normalized spacial score (nSPS) is 19.1.